The van der Waals surface area contributed by atoms with Crippen molar-refractivity contribution in [3.05, 3.63) is 96.7 Å². The van der Waals surface area contributed by atoms with Gasteiger partial charge in [0.2, 0.25) is 17.7 Å². The first-order chi connectivity index (χ1) is 25.5. The SMILES string of the molecule is C=C/C=C\C=C(/C)CCC.CNC(=O)CNC(=O)C1CN(C(=O)Cn2ccc3ccccc32)CC2CN(C(=O)c3ccc(OC(C)C)c(OC)c3)CC21. The quantitative estimate of drug-likeness (QED) is 0.221. The molecule has 53 heavy (non-hydrogen) atoms. The van der Waals surface area contributed by atoms with E-state index in [0.29, 0.717) is 36.7 Å². The van der Waals surface area contributed by atoms with Gasteiger partial charge in [0.1, 0.15) is 6.54 Å². The molecule has 0 bridgehead atoms. The fourth-order valence-electron chi connectivity index (χ4n) is 6.94. The first-order valence-corrected chi connectivity index (χ1v) is 18.4. The van der Waals surface area contributed by atoms with E-state index in [-0.39, 0.29) is 61.2 Å². The number of para-hydroxylation sites is 1. The van der Waals surface area contributed by atoms with Crippen molar-refractivity contribution in [2.45, 2.75) is 53.2 Å². The number of benzene rings is 2. The lowest BCUT2D eigenvalue weighted by atomic mass is 9.79. The molecule has 5 rings (SSSR count). The van der Waals surface area contributed by atoms with Crippen LogP contribution in [-0.4, -0.2) is 91.0 Å². The van der Waals surface area contributed by atoms with Crippen molar-refractivity contribution in [1.29, 1.82) is 0 Å². The first kappa shape index (κ1) is 40.5. The summed E-state index contributed by atoms with van der Waals surface area (Å²) in [5.41, 5.74) is 2.85. The van der Waals surface area contributed by atoms with Gasteiger partial charge in [-0.15, -0.1) is 0 Å². The van der Waals surface area contributed by atoms with Crippen molar-refractivity contribution in [1.82, 2.24) is 25.0 Å². The van der Waals surface area contributed by atoms with Crippen LogP contribution in [0.2, 0.25) is 0 Å². The zero-order valence-electron chi connectivity index (χ0n) is 32.0. The van der Waals surface area contributed by atoms with E-state index in [9.17, 15) is 19.2 Å². The largest absolute Gasteiger partial charge is 0.493 e. The van der Waals surface area contributed by atoms with Crippen LogP contribution in [-0.2, 0) is 20.9 Å². The molecule has 1 aromatic heterocycles. The predicted molar refractivity (Wildman–Crippen MR) is 209 cm³/mol. The molecule has 3 atom stereocenters. The molecule has 0 spiro atoms. The zero-order chi connectivity index (χ0) is 38.5. The maximum atomic E-state index is 13.7. The molecule has 11 heteroatoms. The zero-order valence-corrected chi connectivity index (χ0v) is 32.0. The van der Waals surface area contributed by atoms with E-state index in [1.807, 2.05) is 67.1 Å². The number of hydrogen-bond donors (Lipinski definition) is 2. The summed E-state index contributed by atoms with van der Waals surface area (Å²) in [4.78, 5) is 56.0. The molecule has 2 aliphatic heterocycles. The number of piperidine rings is 1. The Morgan fingerprint density at radius 2 is 1.74 bits per heavy atom. The number of aromatic nitrogens is 1. The average molecular weight is 726 g/mol. The van der Waals surface area contributed by atoms with Crippen LogP contribution in [0.3, 0.4) is 0 Å². The maximum Gasteiger partial charge on any atom is 0.254 e. The lowest BCUT2D eigenvalue weighted by Crippen LogP contribution is -2.54. The van der Waals surface area contributed by atoms with E-state index in [4.69, 9.17) is 9.47 Å². The van der Waals surface area contributed by atoms with Crippen LogP contribution < -0.4 is 20.1 Å². The molecule has 11 nitrogen and oxygen atoms in total. The van der Waals surface area contributed by atoms with Crippen molar-refractivity contribution in [2.24, 2.45) is 17.8 Å². The van der Waals surface area contributed by atoms with Crippen LogP contribution in [0.1, 0.15) is 50.9 Å². The number of nitrogens with one attached hydrogen (secondary N) is 2. The van der Waals surface area contributed by atoms with Gasteiger partial charge in [-0.25, -0.2) is 0 Å². The average Bonchev–Trinajstić information content (AvgIpc) is 3.78. The van der Waals surface area contributed by atoms with Gasteiger partial charge in [-0.2, -0.15) is 0 Å². The minimum absolute atomic E-state index is 0.0504. The third-order valence-corrected chi connectivity index (χ3v) is 9.59. The highest BCUT2D eigenvalue weighted by Crippen LogP contribution is 2.37. The van der Waals surface area contributed by atoms with Crippen LogP contribution in [0.25, 0.3) is 10.9 Å². The molecule has 2 N–H and O–H groups in total. The minimum atomic E-state index is -0.567. The summed E-state index contributed by atoms with van der Waals surface area (Å²) in [5.74, 6) is -0.672. The van der Waals surface area contributed by atoms with Gasteiger partial charge in [0, 0.05) is 50.5 Å². The Balaban J connectivity index is 0.000000550. The Hall–Kier alpha value is -5.32. The molecule has 2 aliphatic rings. The van der Waals surface area contributed by atoms with Crippen molar-refractivity contribution in [3.63, 3.8) is 0 Å². The summed E-state index contributed by atoms with van der Waals surface area (Å²) in [6.45, 7) is 13.2. The number of nitrogens with zero attached hydrogens (tertiary/aromatic N) is 3. The van der Waals surface area contributed by atoms with E-state index < -0.39 is 5.92 Å². The topological polar surface area (TPSA) is 122 Å². The normalized spacial score (nSPS) is 18.3. The number of allylic oxidation sites excluding steroid dienone is 5. The van der Waals surface area contributed by atoms with Crippen LogP contribution in [0.5, 0.6) is 11.5 Å². The molecule has 3 aromatic rings. The monoisotopic (exact) mass is 725 g/mol. The first-order valence-electron chi connectivity index (χ1n) is 18.4. The molecule has 4 amide bonds. The van der Waals surface area contributed by atoms with E-state index >= 15 is 0 Å². The fourth-order valence-corrected chi connectivity index (χ4v) is 6.94. The Morgan fingerprint density at radius 1 is 0.981 bits per heavy atom. The molecule has 3 unspecified atom stereocenters. The molecular formula is C42H55N5O6. The van der Waals surface area contributed by atoms with Crippen LogP contribution in [0, 0.1) is 17.8 Å². The van der Waals surface area contributed by atoms with Crippen molar-refractivity contribution in [3.8, 4) is 11.5 Å². The van der Waals surface area contributed by atoms with E-state index in [1.54, 1.807) is 34.1 Å². The molecule has 2 aromatic carbocycles. The van der Waals surface area contributed by atoms with Gasteiger partial charge < -0.3 is 34.5 Å². The second kappa shape index (κ2) is 19.5. The number of fused-ring (bicyclic) bond motifs is 2. The van der Waals surface area contributed by atoms with Crippen LogP contribution in [0.4, 0.5) is 0 Å². The number of hydrogen-bond acceptors (Lipinski definition) is 6. The van der Waals surface area contributed by atoms with Crippen molar-refractivity contribution < 1.29 is 28.7 Å². The summed E-state index contributed by atoms with van der Waals surface area (Å²) in [5, 5.41) is 6.28. The lowest BCUT2D eigenvalue weighted by molar-refractivity contribution is -0.140. The summed E-state index contributed by atoms with van der Waals surface area (Å²) in [7, 11) is 3.04. The molecule has 0 radical (unpaired) electrons. The summed E-state index contributed by atoms with van der Waals surface area (Å²) >= 11 is 0. The summed E-state index contributed by atoms with van der Waals surface area (Å²) < 4.78 is 13.2. The second-order valence-electron chi connectivity index (χ2n) is 13.8. The predicted octanol–water partition coefficient (Wildman–Crippen LogP) is 5.62. The van der Waals surface area contributed by atoms with E-state index in [1.165, 1.54) is 32.6 Å². The lowest BCUT2D eigenvalue weighted by Gasteiger charge is -2.39. The number of amides is 4. The second-order valence-corrected chi connectivity index (χ2v) is 13.8. The van der Waals surface area contributed by atoms with Crippen molar-refractivity contribution in [2.75, 3.05) is 46.9 Å². The highest BCUT2D eigenvalue weighted by atomic mass is 16.5. The van der Waals surface area contributed by atoms with Gasteiger partial charge in [0.05, 0.1) is 25.7 Å². The number of ether oxygens (including phenoxy) is 2. The van der Waals surface area contributed by atoms with Crippen LogP contribution in [0.15, 0.2) is 91.2 Å². The van der Waals surface area contributed by atoms with Gasteiger partial charge in [-0.05, 0) is 74.7 Å². The molecule has 2 fully saturated rings. The summed E-state index contributed by atoms with van der Waals surface area (Å²) in [6, 6.07) is 15.0. The molecule has 2 saturated heterocycles. The Labute approximate surface area is 313 Å². The Morgan fingerprint density at radius 3 is 2.43 bits per heavy atom. The number of methoxy groups -OCH3 is 1. The highest BCUT2D eigenvalue weighted by Gasteiger charge is 2.48. The minimum Gasteiger partial charge on any atom is -0.493 e. The Bertz CT molecular complexity index is 1810. The van der Waals surface area contributed by atoms with Gasteiger partial charge in [0.15, 0.2) is 11.5 Å². The number of likely N-dealkylation sites (N-methyl/N-ethyl adjacent to an activating group) is 1. The van der Waals surface area contributed by atoms with Gasteiger partial charge >= 0.3 is 0 Å². The fraction of sp³-hybridized carbons (Fsp3) is 0.429. The maximum absolute atomic E-state index is 13.7. The number of rotatable bonds is 13. The van der Waals surface area contributed by atoms with E-state index in [0.717, 1.165) is 10.9 Å². The Kier molecular flexibility index (Phi) is 14.9. The number of carbonyl (C=O) groups excluding carboxylic acids is 4. The molecule has 284 valence electrons. The number of carbonyl (C=O) groups is 4. The third kappa shape index (κ3) is 10.8. The van der Waals surface area contributed by atoms with Crippen molar-refractivity contribution >= 4 is 34.5 Å². The van der Waals surface area contributed by atoms with Gasteiger partial charge in [-0.3, -0.25) is 19.2 Å². The van der Waals surface area contributed by atoms with E-state index in [2.05, 4.69) is 37.1 Å². The summed E-state index contributed by atoms with van der Waals surface area (Å²) in [6.07, 6.45) is 12.2. The molecule has 3 heterocycles. The molecule has 0 aliphatic carbocycles. The van der Waals surface area contributed by atoms with Gasteiger partial charge in [-0.1, -0.05) is 68.0 Å². The van der Waals surface area contributed by atoms with Gasteiger partial charge in [0.25, 0.3) is 5.91 Å². The highest BCUT2D eigenvalue weighted by molar-refractivity contribution is 5.95. The van der Waals surface area contributed by atoms with Crippen LogP contribution >= 0.6 is 0 Å². The number of likely N-dealkylation sites (tertiary alicyclic amines) is 2. The smallest absolute Gasteiger partial charge is 0.254 e. The molecular weight excluding hydrogens is 670 g/mol. The third-order valence-electron chi connectivity index (χ3n) is 9.59. The molecule has 0 saturated carbocycles. The standard InChI is InChI=1S/C32H39N5O6.C10H16/c1-20(2)43-27-10-9-22(13-28(27)42-4)32(41)37-16-23-15-36(18-25(24(23)17-37)31(40)34-14-29(38)33-3)30(39)19-35-12-11-21-7-5-6-8-26(21)35;1-4-6-7-9-10(3)8-5-2/h5-13,20,23-25H,14-19H2,1-4H3,(H,33,38)(H,34,40);4,6-7,9H,1,5,8H2,2-3H3/b;7-6-,10-9+.